The molecule has 1 aromatic heterocycles. The van der Waals surface area contributed by atoms with Crippen LogP contribution in [0.25, 0.3) is 0 Å². The second-order valence-electron chi connectivity index (χ2n) is 7.04. The standard InChI is InChI=1S/C22H26N4OS/c1-15-10-16(2)20(17(3)11-15)12-23-21(27)14-28-22-25-24-18(4)26(22)13-19-8-6-5-7-9-19/h5-11H,12-14H2,1-4H3,(H,23,27). The molecular formula is C22H26N4OS. The van der Waals surface area contributed by atoms with E-state index in [1.54, 1.807) is 0 Å². The van der Waals surface area contributed by atoms with Crippen LogP contribution in [0.4, 0.5) is 0 Å². The quantitative estimate of drug-likeness (QED) is 0.616. The summed E-state index contributed by atoms with van der Waals surface area (Å²) in [5.41, 5.74) is 6.04. The number of thioether (sulfide) groups is 1. The van der Waals surface area contributed by atoms with Gasteiger partial charge in [0.1, 0.15) is 5.82 Å². The van der Waals surface area contributed by atoms with E-state index in [0.29, 0.717) is 18.8 Å². The molecule has 0 aliphatic rings. The lowest BCUT2D eigenvalue weighted by molar-refractivity contribution is -0.118. The monoisotopic (exact) mass is 394 g/mol. The summed E-state index contributed by atoms with van der Waals surface area (Å²) in [4.78, 5) is 12.4. The van der Waals surface area contributed by atoms with E-state index in [1.807, 2.05) is 29.7 Å². The molecule has 0 radical (unpaired) electrons. The first-order valence-corrected chi connectivity index (χ1v) is 10.3. The molecule has 146 valence electrons. The number of amides is 1. The first kappa shape index (κ1) is 20.1. The number of rotatable bonds is 7. The third-order valence-electron chi connectivity index (χ3n) is 4.72. The van der Waals surface area contributed by atoms with Crippen LogP contribution < -0.4 is 5.32 Å². The molecule has 28 heavy (non-hydrogen) atoms. The Morgan fingerprint density at radius 3 is 2.39 bits per heavy atom. The van der Waals surface area contributed by atoms with Crippen molar-refractivity contribution in [3.8, 4) is 0 Å². The Morgan fingerprint density at radius 1 is 1.04 bits per heavy atom. The normalized spacial score (nSPS) is 10.9. The lowest BCUT2D eigenvalue weighted by Gasteiger charge is -2.12. The lowest BCUT2D eigenvalue weighted by atomic mass is 10.00. The minimum Gasteiger partial charge on any atom is -0.351 e. The molecule has 0 fully saturated rings. The number of nitrogens with one attached hydrogen (secondary N) is 1. The van der Waals surface area contributed by atoms with Crippen LogP contribution in [0.2, 0.25) is 0 Å². The number of hydrogen-bond acceptors (Lipinski definition) is 4. The Hall–Kier alpha value is -2.60. The van der Waals surface area contributed by atoms with Gasteiger partial charge < -0.3 is 9.88 Å². The summed E-state index contributed by atoms with van der Waals surface area (Å²) < 4.78 is 2.04. The van der Waals surface area contributed by atoms with Crippen molar-refractivity contribution in [2.24, 2.45) is 0 Å². The minimum absolute atomic E-state index is 0.00344. The SMILES string of the molecule is Cc1cc(C)c(CNC(=O)CSc2nnc(C)n2Cc2ccccc2)c(C)c1. The number of carbonyl (C=O) groups excluding carboxylic acids is 1. The van der Waals surface area contributed by atoms with Crippen LogP contribution in [-0.4, -0.2) is 26.4 Å². The molecule has 0 atom stereocenters. The third kappa shape index (κ3) is 5.01. The Kier molecular flexibility index (Phi) is 6.52. The number of aryl methyl sites for hydroxylation is 4. The maximum atomic E-state index is 12.4. The highest BCUT2D eigenvalue weighted by molar-refractivity contribution is 7.99. The van der Waals surface area contributed by atoms with Gasteiger partial charge >= 0.3 is 0 Å². The van der Waals surface area contributed by atoms with Gasteiger partial charge in [-0.3, -0.25) is 4.79 Å². The van der Waals surface area contributed by atoms with Crippen molar-refractivity contribution in [1.29, 1.82) is 0 Å². The molecule has 3 rings (SSSR count). The largest absolute Gasteiger partial charge is 0.351 e. The van der Waals surface area contributed by atoms with Crippen LogP contribution in [0.5, 0.6) is 0 Å². The zero-order valence-corrected chi connectivity index (χ0v) is 17.6. The van der Waals surface area contributed by atoms with Crippen molar-refractivity contribution >= 4 is 17.7 Å². The summed E-state index contributed by atoms with van der Waals surface area (Å²) in [6.07, 6.45) is 0. The molecular weight excluding hydrogens is 368 g/mol. The predicted octanol–water partition coefficient (Wildman–Crippen LogP) is 3.97. The molecule has 1 heterocycles. The van der Waals surface area contributed by atoms with Crippen molar-refractivity contribution in [2.75, 3.05) is 5.75 Å². The fraction of sp³-hybridized carbons (Fsp3) is 0.318. The number of hydrogen-bond donors (Lipinski definition) is 1. The fourth-order valence-corrected chi connectivity index (χ4v) is 4.09. The zero-order valence-electron chi connectivity index (χ0n) is 16.8. The zero-order chi connectivity index (χ0) is 20.1. The first-order chi connectivity index (χ1) is 13.4. The molecule has 0 aliphatic carbocycles. The van der Waals surface area contributed by atoms with Crippen LogP contribution in [0.1, 0.15) is 33.6 Å². The van der Waals surface area contributed by atoms with E-state index in [-0.39, 0.29) is 5.91 Å². The molecule has 0 saturated carbocycles. The highest BCUT2D eigenvalue weighted by atomic mass is 32.2. The van der Waals surface area contributed by atoms with Gasteiger partial charge in [-0.2, -0.15) is 0 Å². The van der Waals surface area contributed by atoms with Gasteiger partial charge in [0.2, 0.25) is 5.91 Å². The number of carbonyl (C=O) groups is 1. The summed E-state index contributed by atoms with van der Waals surface area (Å²) in [6, 6.07) is 14.5. The van der Waals surface area contributed by atoms with E-state index in [2.05, 4.69) is 60.6 Å². The number of benzene rings is 2. The van der Waals surface area contributed by atoms with E-state index in [9.17, 15) is 4.79 Å². The molecule has 2 aromatic carbocycles. The fourth-order valence-electron chi connectivity index (χ4n) is 3.27. The van der Waals surface area contributed by atoms with E-state index in [4.69, 9.17) is 0 Å². The molecule has 0 bridgehead atoms. The summed E-state index contributed by atoms with van der Waals surface area (Å²) in [7, 11) is 0. The van der Waals surface area contributed by atoms with E-state index < -0.39 is 0 Å². The van der Waals surface area contributed by atoms with Gasteiger partial charge in [-0.05, 0) is 49.9 Å². The van der Waals surface area contributed by atoms with E-state index >= 15 is 0 Å². The molecule has 0 unspecified atom stereocenters. The van der Waals surface area contributed by atoms with Gasteiger partial charge in [0.05, 0.1) is 12.3 Å². The lowest BCUT2D eigenvalue weighted by Crippen LogP contribution is -2.25. The Bertz CT molecular complexity index is 943. The van der Waals surface area contributed by atoms with Gasteiger partial charge in [0.25, 0.3) is 0 Å². The van der Waals surface area contributed by atoms with Crippen molar-refractivity contribution in [1.82, 2.24) is 20.1 Å². The molecule has 6 heteroatoms. The molecule has 3 aromatic rings. The maximum Gasteiger partial charge on any atom is 0.230 e. The highest BCUT2D eigenvalue weighted by Gasteiger charge is 2.13. The average Bonchev–Trinajstić information content (AvgIpc) is 3.00. The molecule has 1 amide bonds. The van der Waals surface area contributed by atoms with Crippen LogP contribution in [-0.2, 0) is 17.9 Å². The highest BCUT2D eigenvalue weighted by Crippen LogP contribution is 2.19. The number of nitrogens with zero attached hydrogens (tertiary/aromatic N) is 3. The molecule has 0 aliphatic heterocycles. The molecule has 1 N–H and O–H groups in total. The first-order valence-electron chi connectivity index (χ1n) is 9.34. The average molecular weight is 395 g/mol. The molecule has 0 spiro atoms. The van der Waals surface area contributed by atoms with E-state index in [1.165, 1.54) is 39.6 Å². The van der Waals surface area contributed by atoms with Crippen molar-refractivity contribution in [3.05, 3.63) is 76.1 Å². The number of aromatic nitrogens is 3. The van der Waals surface area contributed by atoms with Crippen LogP contribution >= 0.6 is 11.8 Å². The smallest absolute Gasteiger partial charge is 0.230 e. The van der Waals surface area contributed by atoms with E-state index in [0.717, 1.165) is 11.0 Å². The Balaban J connectivity index is 1.58. The third-order valence-corrected chi connectivity index (χ3v) is 5.69. The van der Waals surface area contributed by atoms with Crippen molar-refractivity contribution < 1.29 is 4.79 Å². The van der Waals surface area contributed by atoms with Crippen LogP contribution in [0, 0.1) is 27.7 Å². The molecule has 5 nitrogen and oxygen atoms in total. The predicted molar refractivity (Wildman–Crippen MR) is 114 cm³/mol. The van der Waals surface area contributed by atoms with Gasteiger partial charge in [-0.15, -0.1) is 10.2 Å². The minimum atomic E-state index is -0.00344. The maximum absolute atomic E-state index is 12.4. The van der Waals surface area contributed by atoms with Gasteiger partial charge in [0.15, 0.2) is 5.16 Å². The summed E-state index contributed by atoms with van der Waals surface area (Å²) in [6.45, 7) is 9.45. The van der Waals surface area contributed by atoms with Gasteiger partial charge in [-0.1, -0.05) is 59.8 Å². The van der Waals surface area contributed by atoms with Crippen LogP contribution in [0.15, 0.2) is 47.6 Å². The molecule has 0 saturated heterocycles. The van der Waals surface area contributed by atoms with Crippen LogP contribution in [0.3, 0.4) is 0 Å². The summed E-state index contributed by atoms with van der Waals surface area (Å²) in [5.74, 6) is 1.16. The van der Waals surface area contributed by atoms with Gasteiger partial charge in [0, 0.05) is 6.54 Å². The Morgan fingerprint density at radius 2 is 1.71 bits per heavy atom. The second-order valence-corrected chi connectivity index (χ2v) is 7.99. The van der Waals surface area contributed by atoms with Crippen molar-refractivity contribution in [2.45, 2.75) is 45.9 Å². The topological polar surface area (TPSA) is 59.8 Å². The second kappa shape index (κ2) is 9.06. The van der Waals surface area contributed by atoms with Gasteiger partial charge in [-0.25, -0.2) is 0 Å². The summed E-state index contributed by atoms with van der Waals surface area (Å²) >= 11 is 1.42. The summed E-state index contributed by atoms with van der Waals surface area (Å²) in [5, 5.41) is 12.2. The van der Waals surface area contributed by atoms with Crippen molar-refractivity contribution in [3.63, 3.8) is 0 Å². The Labute approximate surface area is 170 Å².